The Balaban J connectivity index is 1.70. The first-order valence-corrected chi connectivity index (χ1v) is 9.74. The number of fused-ring (bicyclic) bond motifs is 1. The normalized spacial score (nSPS) is 11.2. The zero-order valence-corrected chi connectivity index (χ0v) is 16.1. The standard InChI is InChI=1S/C21H33N2O2/c1-4-5-6-7-8-9-10-13-16-25-21(24)17-23-18(2)22(3)19-14-11-12-15-20(19)23/h11-12,14-15H,4-10,13,16-17H2,1-3H3/q+1. The number of carbonyl (C=O) groups excluding carboxylic acids is 1. The van der Waals surface area contributed by atoms with Gasteiger partial charge in [0.1, 0.15) is 0 Å². The van der Waals surface area contributed by atoms with Crippen molar-refractivity contribution in [3.63, 3.8) is 0 Å². The highest BCUT2D eigenvalue weighted by molar-refractivity contribution is 5.76. The van der Waals surface area contributed by atoms with Crippen LogP contribution in [0, 0.1) is 6.92 Å². The number of hydrogen-bond acceptors (Lipinski definition) is 2. The molecule has 2 rings (SSSR count). The Kier molecular flexibility index (Phi) is 7.96. The van der Waals surface area contributed by atoms with Gasteiger partial charge in [0.25, 0.3) is 5.82 Å². The van der Waals surface area contributed by atoms with Crippen LogP contribution in [0.5, 0.6) is 0 Å². The maximum atomic E-state index is 12.2. The lowest BCUT2D eigenvalue weighted by Crippen LogP contribution is -2.31. The van der Waals surface area contributed by atoms with Crippen molar-refractivity contribution in [2.75, 3.05) is 6.61 Å². The predicted molar refractivity (Wildman–Crippen MR) is 101 cm³/mol. The van der Waals surface area contributed by atoms with Gasteiger partial charge in [0, 0.05) is 6.92 Å². The Labute approximate surface area is 151 Å². The van der Waals surface area contributed by atoms with Crippen molar-refractivity contribution in [2.45, 2.75) is 71.8 Å². The summed E-state index contributed by atoms with van der Waals surface area (Å²) in [5.74, 6) is 0.914. The number of aromatic nitrogens is 2. The summed E-state index contributed by atoms with van der Waals surface area (Å²) >= 11 is 0. The fraction of sp³-hybridized carbons (Fsp3) is 0.619. The number of benzene rings is 1. The molecule has 0 aliphatic heterocycles. The lowest BCUT2D eigenvalue weighted by Gasteiger charge is -2.05. The zero-order chi connectivity index (χ0) is 18.1. The van der Waals surface area contributed by atoms with Crippen molar-refractivity contribution >= 4 is 17.0 Å². The van der Waals surface area contributed by atoms with E-state index in [1.807, 2.05) is 36.7 Å². The molecule has 0 spiro atoms. The molecule has 25 heavy (non-hydrogen) atoms. The average Bonchev–Trinajstić information content (AvgIpc) is 2.86. The van der Waals surface area contributed by atoms with E-state index >= 15 is 0 Å². The second-order valence-electron chi connectivity index (χ2n) is 6.88. The summed E-state index contributed by atoms with van der Waals surface area (Å²) in [5.41, 5.74) is 2.21. The second-order valence-corrected chi connectivity index (χ2v) is 6.88. The van der Waals surface area contributed by atoms with Crippen molar-refractivity contribution < 1.29 is 14.1 Å². The number of hydrogen-bond donors (Lipinski definition) is 0. The van der Waals surface area contributed by atoms with Gasteiger partial charge in [-0.25, -0.2) is 13.9 Å². The summed E-state index contributed by atoms with van der Waals surface area (Å²) in [6, 6.07) is 8.15. The Hall–Kier alpha value is -1.84. The molecule has 138 valence electrons. The number of unbranched alkanes of at least 4 members (excludes halogenated alkanes) is 7. The number of ether oxygens (including phenoxy) is 1. The van der Waals surface area contributed by atoms with Gasteiger partial charge in [-0.1, -0.05) is 64.0 Å². The molecule has 1 aromatic heterocycles. The highest BCUT2D eigenvalue weighted by Gasteiger charge is 2.21. The van der Waals surface area contributed by atoms with E-state index in [2.05, 4.69) is 17.6 Å². The molecule has 0 amide bonds. The third-order valence-corrected chi connectivity index (χ3v) is 4.96. The number of aryl methyl sites for hydroxylation is 1. The highest BCUT2D eigenvalue weighted by atomic mass is 16.5. The van der Waals surface area contributed by atoms with E-state index in [4.69, 9.17) is 4.74 Å². The van der Waals surface area contributed by atoms with E-state index in [-0.39, 0.29) is 12.5 Å². The Bertz CT molecular complexity index is 676. The molecule has 4 heteroatoms. The van der Waals surface area contributed by atoms with Crippen LogP contribution >= 0.6 is 0 Å². The topological polar surface area (TPSA) is 35.1 Å². The first-order chi connectivity index (χ1) is 12.1. The Morgan fingerprint density at radius 1 is 1.04 bits per heavy atom. The van der Waals surface area contributed by atoms with Crippen molar-refractivity contribution in [2.24, 2.45) is 7.05 Å². The van der Waals surface area contributed by atoms with Crippen molar-refractivity contribution in [3.05, 3.63) is 30.1 Å². The maximum Gasteiger partial charge on any atom is 0.348 e. The first kappa shape index (κ1) is 19.5. The van der Waals surface area contributed by atoms with Gasteiger partial charge in [-0.15, -0.1) is 0 Å². The van der Waals surface area contributed by atoms with Gasteiger partial charge in [0.2, 0.25) is 0 Å². The molecule has 0 N–H and O–H groups in total. The largest absolute Gasteiger partial charge is 0.463 e. The average molecular weight is 346 g/mol. The molecule has 1 aromatic carbocycles. The van der Waals surface area contributed by atoms with E-state index in [0.717, 1.165) is 29.7 Å². The fourth-order valence-electron chi connectivity index (χ4n) is 3.30. The Morgan fingerprint density at radius 3 is 2.40 bits per heavy atom. The lowest BCUT2D eigenvalue weighted by atomic mass is 10.1. The number of nitrogens with zero attached hydrogens (tertiary/aromatic N) is 2. The maximum absolute atomic E-state index is 12.2. The van der Waals surface area contributed by atoms with Crippen LogP contribution in [0.2, 0.25) is 0 Å². The predicted octanol–water partition coefficient (Wildman–Crippen LogP) is 4.46. The van der Waals surface area contributed by atoms with Gasteiger partial charge < -0.3 is 4.74 Å². The number of carbonyl (C=O) groups is 1. The van der Waals surface area contributed by atoms with Gasteiger partial charge in [0.15, 0.2) is 17.6 Å². The molecule has 0 bridgehead atoms. The molecule has 0 saturated heterocycles. The van der Waals surface area contributed by atoms with Crippen molar-refractivity contribution in [3.8, 4) is 0 Å². The Morgan fingerprint density at radius 2 is 1.68 bits per heavy atom. The zero-order valence-electron chi connectivity index (χ0n) is 16.1. The summed E-state index contributed by atoms with van der Waals surface area (Å²) in [6.45, 7) is 5.10. The van der Waals surface area contributed by atoms with E-state index in [0.29, 0.717) is 6.61 Å². The minimum atomic E-state index is -0.146. The molecular weight excluding hydrogens is 312 g/mol. The summed E-state index contributed by atoms with van der Waals surface area (Å²) in [5, 5.41) is 0. The van der Waals surface area contributed by atoms with E-state index in [1.165, 1.54) is 38.5 Å². The quantitative estimate of drug-likeness (QED) is 0.342. The van der Waals surface area contributed by atoms with Crippen LogP contribution in [-0.4, -0.2) is 17.1 Å². The molecule has 0 atom stereocenters. The van der Waals surface area contributed by atoms with Crippen molar-refractivity contribution in [1.82, 2.24) is 4.57 Å². The molecule has 0 unspecified atom stereocenters. The van der Waals surface area contributed by atoms with Gasteiger partial charge in [-0.2, -0.15) is 0 Å². The number of esters is 1. The molecule has 1 heterocycles. The summed E-state index contributed by atoms with van der Waals surface area (Å²) in [7, 11) is 2.03. The number of rotatable bonds is 11. The molecular formula is C21H33N2O2+. The minimum Gasteiger partial charge on any atom is -0.463 e. The lowest BCUT2D eigenvalue weighted by molar-refractivity contribution is -0.652. The van der Waals surface area contributed by atoms with Gasteiger partial charge in [0.05, 0.1) is 13.7 Å². The minimum absolute atomic E-state index is 0.146. The van der Waals surface area contributed by atoms with Gasteiger partial charge in [-0.05, 0) is 18.6 Å². The molecule has 0 radical (unpaired) electrons. The third kappa shape index (κ3) is 5.58. The summed E-state index contributed by atoms with van der Waals surface area (Å²) in [4.78, 5) is 12.2. The van der Waals surface area contributed by atoms with E-state index < -0.39 is 0 Å². The monoisotopic (exact) mass is 345 g/mol. The summed E-state index contributed by atoms with van der Waals surface area (Å²) in [6.07, 6.45) is 10.0. The van der Waals surface area contributed by atoms with Crippen LogP contribution in [0.4, 0.5) is 0 Å². The van der Waals surface area contributed by atoms with E-state index in [9.17, 15) is 4.79 Å². The molecule has 4 nitrogen and oxygen atoms in total. The second kappa shape index (κ2) is 10.2. The van der Waals surface area contributed by atoms with Crippen LogP contribution in [0.1, 0.15) is 64.1 Å². The highest BCUT2D eigenvalue weighted by Crippen LogP contribution is 2.13. The summed E-state index contributed by atoms with van der Waals surface area (Å²) < 4.78 is 9.58. The molecule has 0 fully saturated rings. The van der Waals surface area contributed by atoms with Crippen LogP contribution in [0.25, 0.3) is 11.0 Å². The van der Waals surface area contributed by atoms with Crippen molar-refractivity contribution in [1.29, 1.82) is 0 Å². The molecule has 2 aromatic rings. The fourth-order valence-corrected chi connectivity index (χ4v) is 3.30. The smallest absolute Gasteiger partial charge is 0.348 e. The number of para-hydroxylation sites is 2. The number of imidazole rings is 1. The van der Waals surface area contributed by atoms with Crippen LogP contribution < -0.4 is 4.57 Å². The first-order valence-electron chi connectivity index (χ1n) is 9.74. The van der Waals surface area contributed by atoms with Gasteiger partial charge in [-0.3, -0.25) is 0 Å². The SMILES string of the molecule is CCCCCCCCCCOC(=O)Cn1c(C)[n+](C)c2ccccc21. The third-order valence-electron chi connectivity index (χ3n) is 4.96. The van der Waals surface area contributed by atoms with Gasteiger partial charge >= 0.3 is 5.97 Å². The van der Waals surface area contributed by atoms with Crippen LogP contribution in [0.3, 0.4) is 0 Å². The molecule has 0 saturated carbocycles. The molecule has 0 aliphatic carbocycles. The van der Waals surface area contributed by atoms with Crippen LogP contribution in [0.15, 0.2) is 24.3 Å². The molecule has 0 aliphatic rings. The van der Waals surface area contributed by atoms with Crippen LogP contribution in [-0.2, 0) is 23.1 Å². The van der Waals surface area contributed by atoms with E-state index in [1.54, 1.807) is 0 Å².